The minimum absolute atomic E-state index is 0.156. The SMILES string of the molecule is O=C(c1ccc(NCc2ccccc2F)nn1)N1CCC2(CC1)OCCO2. The molecule has 0 bridgehead atoms. The van der Waals surface area contributed by atoms with Crippen LogP contribution in [-0.4, -0.2) is 53.1 Å². The minimum atomic E-state index is -0.511. The number of halogens is 1. The first-order chi connectivity index (χ1) is 13.2. The Morgan fingerprint density at radius 3 is 2.52 bits per heavy atom. The summed E-state index contributed by atoms with van der Waals surface area (Å²) < 4.78 is 25.0. The fourth-order valence-corrected chi connectivity index (χ4v) is 3.37. The van der Waals surface area contributed by atoms with Crippen molar-refractivity contribution in [1.29, 1.82) is 0 Å². The van der Waals surface area contributed by atoms with Crippen molar-refractivity contribution in [3.63, 3.8) is 0 Å². The number of likely N-dealkylation sites (tertiary alicyclic amines) is 1. The van der Waals surface area contributed by atoms with Gasteiger partial charge in [-0.05, 0) is 18.2 Å². The monoisotopic (exact) mass is 372 g/mol. The Hall–Kier alpha value is -2.58. The van der Waals surface area contributed by atoms with E-state index in [-0.39, 0.29) is 17.4 Å². The summed E-state index contributed by atoms with van der Waals surface area (Å²) in [6.07, 6.45) is 1.32. The third-order valence-corrected chi connectivity index (χ3v) is 4.93. The van der Waals surface area contributed by atoms with E-state index in [0.717, 1.165) is 0 Å². The summed E-state index contributed by atoms with van der Waals surface area (Å²) in [4.78, 5) is 14.4. The summed E-state index contributed by atoms with van der Waals surface area (Å²) in [6.45, 7) is 2.64. The summed E-state index contributed by atoms with van der Waals surface area (Å²) in [5.74, 6) is -0.456. The standard InChI is InChI=1S/C19H21FN4O3/c20-15-4-2-1-3-14(15)13-21-17-6-5-16(22-23-17)18(25)24-9-7-19(8-10-24)26-11-12-27-19/h1-6H,7-13H2,(H,21,23). The lowest BCUT2D eigenvalue weighted by molar-refractivity contribution is -0.181. The van der Waals surface area contributed by atoms with Gasteiger partial charge in [0.25, 0.3) is 5.91 Å². The molecule has 27 heavy (non-hydrogen) atoms. The lowest BCUT2D eigenvalue weighted by Crippen LogP contribution is -2.47. The van der Waals surface area contributed by atoms with E-state index in [4.69, 9.17) is 9.47 Å². The molecule has 0 atom stereocenters. The lowest BCUT2D eigenvalue weighted by atomic mass is 10.0. The van der Waals surface area contributed by atoms with E-state index < -0.39 is 5.79 Å². The van der Waals surface area contributed by atoms with E-state index >= 15 is 0 Å². The number of anilines is 1. The molecule has 142 valence electrons. The van der Waals surface area contributed by atoms with Crippen molar-refractivity contribution in [2.75, 3.05) is 31.6 Å². The highest BCUT2D eigenvalue weighted by molar-refractivity contribution is 5.92. The van der Waals surface area contributed by atoms with E-state index in [2.05, 4.69) is 15.5 Å². The Morgan fingerprint density at radius 2 is 1.85 bits per heavy atom. The Balaban J connectivity index is 1.33. The van der Waals surface area contributed by atoms with Gasteiger partial charge in [-0.25, -0.2) is 4.39 Å². The number of benzene rings is 1. The predicted octanol–water partition coefficient (Wildman–Crippen LogP) is 2.21. The summed E-state index contributed by atoms with van der Waals surface area (Å²) >= 11 is 0. The molecule has 3 heterocycles. The molecule has 2 fully saturated rings. The summed E-state index contributed by atoms with van der Waals surface area (Å²) in [5.41, 5.74) is 0.827. The molecule has 1 amide bonds. The van der Waals surface area contributed by atoms with Crippen LogP contribution >= 0.6 is 0 Å². The second-order valence-corrected chi connectivity index (χ2v) is 6.65. The molecule has 1 spiro atoms. The number of ether oxygens (including phenoxy) is 2. The molecule has 0 aliphatic carbocycles. The van der Waals surface area contributed by atoms with Crippen LogP contribution in [-0.2, 0) is 16.0 Å². The molecular weight excluding hydrogens is 351 g/mol. The number of aromatic nitrogens is 2. The van der Waals surface area contributed by atoms with Gasteiger partial charge in [0.05, 0.1) is 13.2 Å². The highest BCUT2D eigenvalue weighted by Gasteiger charge is 2.41. The molecule has 2 aliphatic rings. The first-order valence-corrected chi connectivity index (χ1v) is 9.03. The van der Waals surface area contributed by atoms with Gasteiger partial charge < -0.3 is 19.7 Å². The third kappa shape index (κ3) is 3.91. The minimum Gasteiger partial charge on any atom is -0.364 e. The van der Waals surface area contributed by atoms with E-state index in [1.807, 2.05) is 0 Å². The first kappa shape index (κ1) is 17.8. The Kier molecular flexibility index (Phi) is 5.00. The largest absolute Gasteiger partial charge is 0.364 e. The summed E-state index contributed by atoms with van der Waals surface area (Å²) in [6, 6.07) is 9.84. The molecule has 2 aliphatic heterocycles. The fraction of sp³-hybridized carbons (Fsp3) is 0.421. The van der Waals surface area contributed by atoms with Gasteiger partial charge in [0.15, 0.2) is 11.5 Å². The highest BCUT2D eigenvalue weighted by Crippen LogP contribution is 2.31. The Bertz CT molecular complexity index is 799. The highest BCUT2D eigenvalue weighted by atomic mass is 19.1. The van der Waals surface area contributed by atoms with E-state index in [0.29, 0.717) is 57.1 Å². The topological polar surface area (TPSA) is 76.6 Å². The number of nitrogens with zero attached hydrogens (tertiary/aromatic N) is 3. The number of piperidine rings is 1. The smallest absolute Gasteiger partial charge is 0.274 e. The zero-order valence-electron chi connectivity index (χ0n) is 14.9. The number of hydrogen-bond acceptors (Lipinski definition) is 6. The fourth-order valence-electron chi connectivity index (χ4n) is 3.37. The quantitative estimate of drug-likeness (QED) is 0.887. The molecule has 0 unspecified atom stereocenters. The van der Waals surface area contributed by atoms with Crippen LogP contribution in [0.15, 0.2) is 36.4 Å². The number of nitrogens with one attached hydrogen (secondary N) is 1. The maximum atomic E-state index is 13.6. The molecule has 2 aromatic rings. The molecule has 8 heteroatoms. The van der Waals surface area contributed by atoms with Crippen LogP contribution in [0.3, 0.4) is 0 Å². The van der Waals surface area contributed by atoms with Gasteiger partial charge >= 0.3 is 0 Å². The zero-order valence-corrected chi connectivity index (χ0v) is 14.9. The normalized spacial score (nSPS) is 18.6. The number of amides is 1. The number of carbonyl (C=O) groups excluding carboxylic acids is 1. The van der Waals surface area contributed by atoms with E-state index in [1.54, 1.807) is 35.2 Å². The molecule has 1 N–H and O–H groups in total. The maximum absolute atomic E-state index is 13.6. The van der Waals surface area contributed by atoms with Crippen molar-refractivity contribution in [1.82, 2.24) is 15.1 Å². The molecule has 0 saturated carbocycles. The lowest BCUT2D eigenvalue weighted by Gasteiger charge is -2.37. The Morgan fingerprint density at radius 1 is 1.11 bits per heavy atom. The van der Waals surface area contributed by atoms with Crippen LogP contribution in [0, 0.1) is 5.82 Å². The maximum Gasteiger partial charge on any atom is 0.274 e. The van der Waals surface area contributed by atoms with Crippen molar-refractivity contribution in [3.05, 3.63) is 53.5 Å². The van der Waals surface area contributed by atoms with Crippen molar-refractivity contribution in [3.8, 4) is 0 Å². The zero-order chi connectivity index (χ0) is 18.7. The van der Waals surface area contributed by atoms with Gasteiger partial charge in [0.2, 0.25) is 0 Å². The number of carbonyl (C=O) groups is 1. The van der Waals surface area contributed by atoms with Gasteiger partial charge in [0.1, 0.15) is 11.6 Å². The van der Waals surface area contributed by atoms with Crippen LogP contribution in [0.4, 0.5) is 10.2 Å². The number of rotatable bonds is 4. The number of hydrogen-bond donors (Lipinski definition) is 1. The molecule has 0 radical (unpaired) electrons. The summed E-state index contributed by atoms with van der Waals surface area (Å²) in [5, 5.41) is 11.1. The average molecular weight is 372 g/mol. The van der Waals surface area contributed by atoms with Crippen molar-refractivity contribution in [2.24, 2.45) is 0 Å². The second kappa shape index (κ2) is 7.58. The summed E-state index contributed by atoms with van der Waals surface area (Å²) in [7, 11) is 0. The van der Waals surface area contributed by atoms with Gasteiger partial charge in [-0.1, -0.05) is 18.2 Å². The predicted molar refractivity (Wildman–Crippen MR) is 95.5 cm³/mol. The van der Waals surface area contributed by atoms with Crippen LogP contribution in [0.5, 0.6) is 0 Å². The van der Waals surface area contributed by atoms with Crippen LogP contribution in [0.2, 0.25) is 0 Å². The van der Waals surface area contributed by atoms with Gasteiger partial charge in [-0.2, -0.15) is 0 Å². The molecule has 7 nitrogen and oxygen atoms in total. The Labute approximate surface area is 156 Å². The molecule has 2 saturated heterocycles. The van der Waals surface area contributed by atoms with E-state index in [9.17, 15) is 9.18 Å². The van der Waals surface area contributed by atoms with Gasteiger partial charge in [-0.3, -0.25) is 4.79 Å². The van der Waals surface area contributed by atoms with E-state index in [1.165, 1.54) is 6.07 Å². The van der Waals surface area contributed by atoms with Gasteiger partial charge in [-0.15, -0.1) is 10.2 Å². The van der Waals surface area contributed by atoms with Crippen LogP contribution < -0.4 is 5.32 Å². The first-order valence-electron chi connectivity index (χ1n) is 9.03. The van der Waals surface area contributed by atoms with Crippen molar-refractivity contribution in [2.45, 2.75) is 25.2 Å². The van der Waals surface area contributed by atoms with Crippen molar-refractivity contribution < 1.29 is 18.7 Å². The molecular formula is C19H21FN4O3. The molecule has 4 rings (SSSR count). The third-order valence-electron chi connectivity index (χ3n) is 4.93. The van der Waals surface area contributed by atoms with Crippen LogP contribution in [0.25, 0.3) is 0 Å². The second-order valence-electron chi connectivity index (χ2n) is 6.65. The molecule has 1 aromatic carbocycles. The van der Waals surface area contributed by atoms with Gasteiger partial charge in [0, 0.05) is 38.0 Å². The molecule has 1 aromatic heterocycles. The van der Waals surface area contributed by atoms with Crippen molar-refractivity contribution >= 4 is 11.7 Å². The average Bonchev–Trinajstić information content (AvgIpc) is 3.16. The van der Waals surface area contributed by atoms with Crippen LogP contribution in [0.1, 0.15) is 28.9 Å².